The van der Waals surface area contributed by atoms with E-state index in [1.807, 2.05) is 0 Å². The highest BCUT2D eigenvalue weighted by Gasteiger charge is 2.32. The van der Waals surface area contributed by atoms with Crippen LogP contribution in [0.1, 0.15) is 11.3 Å². The summed E-state index contributed by atoms with van der Waals surface area (Å²) in [5, 5.41) is 2.83. The number of aromatic nitrogens is 2. The highest BCUT2D eigenvalue weighted by molar-refractivity contribution is 5.76. The van der Waals surface area contributed by atoms with Gasteiger partial charge < -0.3 is 20.2 Å². The minimum atomic E-state index is -4.51. The van der Waals surface area contributed by atoms with Gasteiger partial charge in [0, 0.05) is 30.9 Å². The van der Waals surface area contributed by atoms with E-state index in [0.29, 0.717) is 34.3 Å². The van der Waals surface area contributed by atoms with Crippen LogP contribution in [-0.2, 0) is 12.7 Å². The Labute approximate surface area is 157 Å². The van der Waals surface area contributed by atoms with Crippen molar-refractivity contribution in [2.24, 2.45) is 5.73 Å². The van der Waals surface area contributed by atoms with Crippen LogP contribution in [0.15, 0.2) is 52.8 Å². The van der Waals surface area contributed by atoms with Crippen LogP contribution in [0.2, 0.25) is 0 Å². The molecule has 0 aliphatic carbocycles. The van der Waals surface area contributed by atoms with E-state index in [2.05, 4.69) is 15.3 Å². The van der Waals surface area contributed by atoms with Crippen LogP contribution in [0.25, 0.3) is 11.1 Å². The van der Waals surface area contributed by atoms with Gasteiger partial charge >= 0.3 is 6.18 Å². The molecule has 0 bridgehead atoms. The lowest BCUT2D eigenvalue weighted by atomic mass is 10.2. The second-order valence-electron chi connectivity index (χ2n) is 5.81. The summed E-state index contributed by atoms with van der Waals surface area (Å²) in [6, 6.07) is 7.42. The molecular weight excluding hydrogens is 380 g/mol. The number of rotatable bonds is 7. The van der Waals surface area contributed by atoms with Crippen molar-refractivity contribution in [3.05, 3.63) is 59.7 Å². The first kappa shape index (κ1) is 19.6. The van der Waals surface area contributed by atoms with Crippen LogP contribution in [0, 0.1) is 0 Å². The Bertz CT molecular complexity index is 985. The monoisotopic (exact) mass is 396 g/mol. The van der Waals surface area contributed by atoms with Crippen LogP contribution < -0.4 is 15.8 Å². The highest BCUT2D eigenvalue weighted by Crippen LogP contribution is 2.28. The number of pyridine rings is 1. The fraction of sp³-hybridized carbons (Fsp3) is 0.222. The number of nitrogens with zero attached hydrogens (tertiary/aromatic N) is 2. The standard InChI is InChI=1S/C18H16F4N4O2/c19-7-12(8-23)10-27-13-1-2-14-15(6-13)28-17(26-14)25-9-11-3-4-24-16(5-11)18(20,21)22/h1-7H,8-10,23H2,(H,25,26)/b12-7-. The third-order valence-corrected chi connectivity index (χ3v) is 3.76. The van der Waals surface area contributed by atoms with Gasteiger partial charge in [-0.25, -0.2) is 4.39 Å². The predicted molar refractivity (Wildman–Crippen MR) is 94.3 cm³/mol. The molecule has 0 atom stereocenters. The van der Waals surface area contributed by atoms with Crippen molar-refractivity contribution in [3.8, 4) is 5.75 Å². The van der Waals surface area contributed by atoms with Gasteiger partial charge in [-0.3, -0.25) is 4.98 Å². The SMILES string of the molecule is NC/C(=C/F)COc1ccc2nc(NCc3ccnc(C(F)(F)F)c3)oc2c1. The molecule has 0 aliphatic rings. The Balaban J connectivity index is 1.68. The highest BCUT2D eigenvalue weighted by atomic mass is 19.4. The summed E-state index contributed by atoms with van der Waals surface area (Å²) < 4.78 is 61.6. The number of nitrogens with two attached hydrogens (primary N) is 1. The third kappa shape index (κ3) is 4.77. The summed E-state index contributed by atoms with van der Waals surface area (Å²) in [7, 11) is 0. The van der Waals surface area contributed by atoms with Gasteiger partial charge in [-0.2, -0.15) is 18.2 Å². The lowest BCUT2D eigenvalue weighted by Crippen LogP contribution is -2.10. The molecule has 0 unspecified atom stereocenters. The minimum absolute atomic E-state index is 0.00132. The molecular formula is C18H16F4N4O2. The lowest BCUT2D eigenvalue weighted by molar-refractivity contribution is -0.141. The summed E-state index contributed by atoms with van der Waals surface area (Å²) in [6.45, 7) is 0.116. The Kier molecular flexibility index (Phi) is 5.78. The molecule has 1 aromatic carbocycles. The second kappa shape index (κ2) is 8.26. The summed E-state index contributed by atoms with van der Waals surface area (Å²) in [5.41, 5.74) is 6.01. The van der Waals surface area contributed by atoms with Gasteiger partial charge in [0.25, 0.3) is 6.01 Å². The first-order valence-corrected chi connectivity index (χ1v) is 8.16. The maximum atomic E-state index is 12.7. The molecule has 3 rings (SSSR count). The molecule has 0 saturated heterocycles. The summed E-state index contributed by atoms with van der Waals surface area (Å²) in [5.74, 6) is 0.437. The van der Waals surface area contributed by atoms with E-state index < -0.39 is 11.9 Å². The number of anilines is 1. The fourth-order valence-corrected chi connectivity index (χ4v) is 2.30. The van der Waals surface area contributed by atoms with Crippen molar-refractivity contribution in [1.82, 2.24) is 9.97 Å². The summed E-state index contributed by atoms with van der Waals surface area (Å²) in [6.07, 6.45) is -3.01. The maximum absolute atomic E-state index is 12.7. The minimum Gasteiger partial charge on any atom is -0.489 e. The van der Waals surface area contributed by atoms with Crippen LogP contribution in [0.4, 0.5) is 23.6 Å². The number of hydrogen-bond acceptors (Lipinski definition) is 6. The molecule has 28 heavy (non-hydrogen) atoms. The van der Waals surface area contributed by atoms with Gasteiger partial charge in [-0.1, -0.05) is 0 Å². The first-order valence-electron chi connectivity index (χ1n) is 8.16. The Morgan fingerprint density at radius 1 is 1.25 bits per heavy atom. The number of ether oxygens (including phenoxy) is 1. The van der Waals surface area contributed by atoms with Gasteiger partial charge in [0.1, 0.15) is 23.6 Å². The molecule has 0 aliphatic heterocycles. The number of hydrogen-bond donors (Lipinski definition) is 2. The molecule has 2 aromatic heterocycles. The topological polar surface area (TPSA) is 86.2 Å². The average molecular weight is 396 g/mol. The van der Waals surface area contributed by atoms with Gasteiger partial charge in [0.2, 0.25) is 0 Å². The molecule has 0 fully saturated rings. The van der Waals surface area contributed by atoms with Crippen molar-refractivity contribution in [2.75, 3.05) is 18.5 Å². The molecule has 0 radical (unpaired) electrons. The van der Waals surface area contributed by atoms with Crippen molar-refractivity contribution < 1.29 is 26.7 Å². The molecule has 0 amide bonds. The van der Waals surface area contributed by atoms with Crippen molar-refractivity contribution >= 4 is 17.1 Å². The normalized spacial score (nSPS) is 12.4. The lowest BCUT2D eigenvalue weighted by Gasteiger charge is -2.07. The molecule has 2 heterocycles. The molecule has 3 N–H and O–H groups in total. The largest absolute Gasteiger partial charge is 0.489 e. The Morgan fingerprint density at radius 2 is 2.07 bits per heavy atom. The predicted octanol–water partition coefficient (Wildman–Crippen LogP) is 4.04. The van der Waals surface area contributed by atoms with Gasteiger partial charge in [-0.15, -0.1) is 0 Å². The van der Waals surface area contributed by atoms with E-state index in [1.54, 1.807) is 18.2 Å². The summed E-state index contributed by atoms with van der Waals surface area (Å²) in [4.78, 5) is 7.52. The van der Waals surface area contributed by atoms with E-state index in [0.717, 1.165) is 12.3 Å². The number of halogens is 4. The average Bonchev–Trinajstić information content (AvgIpc) is 3.09. The van der Waals surface area contributed by atoms with Gasteiger partial charge in [0.05, 0.1) is 6.33 Å². The number of fused-ring (bicyclic) bond motifs is 1. The number of oxazole rings is 1. The fourth-order valence-electron chi connectivity index (χ4n) is 2.30. The van der Waals surface area contributed by atoms with E-state index >= 15 is 0 Å². The summed E-state index contributed by atoms with van der Waals surface area (Å²) >= 11 is 0. The van der Waals surface area contributed by atoms with Crippen molar-refractivity contribution in [2.45, 2.75) is 12.7 Å². The van der Waals surface area contributed by atoms with Crippen LogP contribution in [0.5, 0.6) is 5.75 Å². The van der Waals surface area contributed by atoms with E-state index in [4.69, 9.17) is 14.9 Å². The van der Waals surface area contributed by atoms with E-state index in [-0.39, 0.29) is 25.7 Å². The molecule has 6 nitrogen and oxygen atoms in total. The van der Waals surface area contributed by atoms with Gasteiger partial charge in [-0.05, 0) is 29.8 Å². The maximum Gasteiger partial charge on any atom is 0.433 e. The quantitative estimate of drug-likeness (QED) is 0.586. The van der Waals surface area contributed by atoms with E-state index in [9.17, 15) is 17.6 Å². The molecule has 0 saturated carbocycles. The molecule has 3 aromatic rings. The van der Waals surface area contributed by atoms with Crippen LogP contribution in [0.3, 0.4) is 0 Å². The zero-order chi connectivity index (χ0) is 20.1. The Hall–Kier alpha value is -3.14. The second-order valence-corrected chi connectivity index (χ2v) is 5.81. The molecule has 0 spiro atoms. The van der Waals surface area contributed by atoms with Crippen molar-refractivity contribution in [1.29, 1.82) is 0 Å². The first-order chi connectivity index (χ1) is 13.4. The number of benzene rings is 1. The van der Waals surface area contributed by atoms with E-state index in [1.165, 1.54) is 6.07 Å². The zero-order valence-electron chi connectivity index (χ0n) is 14.5. The molecule has 148 valence electrons. The smallest absolute Gasteiger partial charge is 0.433 e. The van der Waals surface area contributed by atoms with Gasteiger partial charge in [0.15, 0.2) is 5.58 Å². The van der Waals surface area contributed by atoms with Crippen LogP contribution in [-0.4, -0.2) is 23.1 Å². The van der Waals surface area contributed by atoms with Crippen LogP contribution >= 0.6 is 0 Å². The van der Waals surface area contributed by atoms with Crippen molar-refractivity contribution in [3.63, 3.8) is 0 Å². The third-order valence-electron chi connectivity index (χ3n) is 3.76. The molecule has 10 heteroatoms. The Morgan fingerprint density at radius 3 is 2.79 bits per heavy atom. The number of nitrogens with one attached hydrogen (secondary N) is 1. The number of alkyl halides is 3. The zero-order valence-corrected chi connectivity index (χ0v) is 14.5.